The summed E-state index contributed by atoms with van der Waals surface area (Å²) >= 11 is 5.43. The Kier molecular flexibility index (Phi) is 4.49. The average Bonchev–Trinajstić information content (AvgIpc) is 2.64. The molecule has 1 saturated carbocycles. The fourth-order valence-electron chi connectivity index (χ4n) is 3.57. The van der Waals surface area contributed by atoms with Crippen LogP contribution in [0, 0.1) is 16.7 Å². The van der Waals surface area contributed by atoms with Crippen molar-refractivity contribution in [1.82, 2.24) is 5.32 Å². The maximum atomic E-state index is 3.79. The van der Waals surface area contributed by atoms with Gasteiger partial charge in [-0.2, -0.15) is 0 Å². The van der Waals surface area contributed by atoms with E-state index in [0.717, 1.165) is 18.9 Å². The third-order valence-corrected chi connectivity index (χ3v) is 6.95. The Morgan fingerprint density at radius 1 is 1.32 bits per heavy atom. The van der Waals surface area contributed by atoms with Gasteiger partial charge < -0.3 is 5.32 Å². The van der Waals surface area contributed by atoms with Crippen molar-refractivity contribution in [1.29, 1.82) is 0 Å². The molecule has 1 aliphatic carbocycles. The highest BCUT2D eigenvalue weighted by Crippen LogP contribution is 2.69. The Bertz CT molecular complexity index is 422. The molecule has 1 heterocycles. The molecule has 1 unspecified atom stereocenters. The van der Waals surface area contributed by atoms with Gasteiger partial charge in [0.1, 0.15) is 0 Å². The minimum absolute atomic E-state index is 0.451. The molecular formula is C16H26BrNS. The first kappa shape index (κ1) is 15.5. The molecule has 1 fully saturated rings. The Labute approximate surface area is 130 Å². The number of nitrogens with one attached hydrogen (secondary N) is 1. The average molecular weight is 344 g/mol. The third-order valence-electron chi connectivity index (χ3n) is 5.23. The van der Waals surface area contributed by atoms with Gasteiger partial charge in [0.2, 0.25) is 0 Å². The van der Waals surface area contributed by atoms with Crippen LogP contribution in [0.15, 0.2) is 15.9 Å². The van der Waals surface area contributed by atoms with Crippen molar-refractivity contribution >= 4 is 27.3 Å². The van der Waals surface area contributed by atoms with E-state index in [4.69, 9.17) is 0 Å². The molecule has 2 rings (SSSR count). The van der Waals surface area contributed by atoms with E-state index in [1.54, 1.807) is 0 Å². The quantitative estimate of drug-likeness (QED) is 0.757. The topological polar surface area (TPSA) is 12.0 Å². The molecule has 3 heteroatoms. The Morgan fingerprint density at radius 3 is 2.37 bits per heavy atom. The minimum atomic E-state index is 0.451. The van der Waals surface area contributed by atoms with Gasteiger partial charge in [0.05, 0.1) is 0 Å². The van der Waals surface area contributed by atoms with E-state index in [1.807, 2.05) is 11.3 Å². The van der Waals surface area contributed by atoms with E-state index < -0.39 is 0 Å². The highest BCUT2D eigenvalue weighted by molar-refractivity contribution is 9.10. The second kappa shape index (κ2) is 5.50. The second-order valence-electron chi connectivity index (χ2n) is 6.92. The standard InChI is InChI=1S/C16H26BrNS/c1-6-7-18-13(9-12-8-11(17)10-19-12)14-15(2,3)16(14,4)5/h8,10,13-14,18H,6-7,9H2,1-5H3. The van der Waals surface area contributed by atoms with Crippen molar-refractivity contribution in [2.24, 2.45) is 16.7 Å². The lowest BCUT2D eigenvalue weighted by atomic mass is 10.0. The molecule has 1 N–H and O–H groups in total. The lowest BCUT2D eigenvalue weighted by Crippen LogP contribution is -2.35. The summed E-state index contributed by atoms with van der Waals surface area (Å²) in [4.78, 5) is 1.49. The zero-order chi connectivity index (χ0) is 14.3. The van der Waals surface area contributed by atoms with Crippen molar-refractivity contribution in [2.45, 2.75) is 53.5 Å². The van der Waals surface area contributed by atoms with Gasteiger partial charge in [-0.15, -0.1) is 11.3 Å². The molecule has 0 bridgehead atoms. The molecule has 1 aromatic rings. The van der Waals surface area contributed by atoms with Gasteiger partial charge in [-0.3, -0.25) is 0 Å². The predicted octanol–water partition coefficient (Wildman–Crippen LogP) is 5.10. The first-order valence-electron chi connectivity index (χ1n) is 7.27. The maximum Gasteiger partial charge on any atom is 0.0285 e. The number of hydrogen-bond donors (Lipinski definition) is 1. The molecule has 0 aromatic carbocycles. The van der Waals surface area contributed by atoms with Gasteiger partial charge in [-0.1, -0.05) is 34.6 Å². The first-order valence-corrected chi connectivity index (χ1v) is 8.94. The van der Waals surface area contributed by atoms with Crippen LogP contribution in [0.1, 0.15) is 45.9 Å². The zero-order valence-electron chi connectivity index (χ0n) is 12.7. The fraction of sp³-hybridized carbons (Fsp3) is 0.750. The maximum absolute atomic E-state index is 3.79. The lowest BCUT2D eigenvalue weighted by molar-refractivity contribution is 0.397. The Balaban J connectivity index is 2.09. The van der Waals surface area contributed by atoms with Crippen molar-refractivity contribution in [3.8, 4) is 0 Å². The van der Waals surface area contributed by atoms with E-state index in [-0.39, 0.29) is 0 Å². The molecule has 1 aliphatic rings. The van der Waals surface area contributed by atoms with Crippen LogP contribution in [0.5, 0.6) is 0 Å². The number of rotatable bonds is 6. The number of thiophene rings is 1. The summed E-state index contributed by atoms with van der Waals surface area (Å²) in [5.74, 6) is 0.771. The van der Waals surface area contributed by atoms with Crippen molar-refractivity contribution in [3.63, 3.8) is 0 Å². The molecule has 108 valence electrons. The largest absolute Gasteiger partial charge is 0.313 e. The highest BCUT2D eigenvalue weighted by atomic mass is 79.9. The molecule has 0 aliphatic heterocycles. The molecule has 19 heavy (non-hydrogen) atoms. The zero-order valence-corrected chi connectivity index (χ0v) is 15.1. The van der Waals surface area contributed by atoms with Gasteiger partial charge in [0.25, 0.3) is 0 Å². The molecule has 0 amide bonds. The van der Waals surface area contributed by atoms with Crippen molar-refractivity contribution in [2.75, 3.05) is 6.54 Å². The molecule has 0 saturated heterocycles. The Morgan fingerprint density at radius 2 is 1.95 bits per heavy atom. The van der Waals surface area contributed by atoms with E-state index in [9.17, 15) is 0 Å². The molecule has 0 radical (unpaired) electrons. The molecule has 1 nitrogen and oxygen atoms in total. The smallest absolute Gasteiger partial charge is 0.0285 e. The fourth-order valence-corrected chi connectivity index (χ4v) is 5.08. The Hall–Kier alpha value is 0.140. The third kappa shape index (κ3) is 2.93. The number of halogens is 1. The number of hydrogen-bond acceptors (Lipinski definition) is 2. The van der Waals surface area contributed by atoms with Crippen LogP contribution in [0.25, 0.3) is 0 Å². The predicted molar refractivity (Wildman–Crippen MR) is 88.9 cm³/mol. The van der Waals surface area contributed by atoms with E-state index >= 15 is 0 Å². The summed E-state index contributed by atoms with van der Waals surface area (Å²) in [6, 6.07) is 2.88. The van der Waals surface area contributed by atoms with Crippen molar-refractivity contribution < 1.29 is 0 Å². The van der Waals surface area contributed by atoms with Gasteiger partial charge in [-0.25, -0.2) is 0 Å². The van der Waals surface area contributed by atoms with Gasteiger partial charge in [0.15, 0.2) is 0 Å². The summed E-state index contributed by atoms with van der Waals surface area (Å²) in [7, 11) is 0. The van der Waals surface area contributed by atoms with Gasteiger partial charge in [-0.05, 0) is 58.1 Å². The van der Waals surface area contributed by atoms with E-state index in [2.05, 4.69) is 67.3 Å². The van der Waals surface area contributed by atoms with E-state index in [0.29, 0.717) is 16.9 Å². The first-order chi connectivity index (χ1) is 8.80. The van der Waals surface area contributed by atoms with Gasteiger partial charge >= 0.3 is 0 Å². The summed E-state index contributed by atoms with van der Waals surface area (Å²) in [5.41, 5.74) is 0.903. The molecule has 1 atom stereocenters. The van der Waals surface area contributed by atoms with Crippen LogP contribution in [0.2, 0.25) is 0 Å². The summed E-state index contributed by atoms with van der Waals surface area (Å²) < 4.78 is 1.22. The van der Waals surface area contributed by atoms with Crippen LogP contribution < -0.4 is 5.32 Å². The van der Waals surface area contributed by atoms with Crippen LogP contribution >= 0.6 is 27.3 Å². The SMILES string of the molecule is CCCNC(Cc1cc(Br)cs1)C1C(C)(C)C1(C)C. The molecule has 1 aromatic heterocycles. The highest BCUT2D eigenvalue weighted by Gasteiger charge is 2.66. The van der Waals surface area contributed by atoms with E-state index in [1.165, 1.54) is 15.8 Å². The molecule has 0 spiro atoms. The lowest BCUT2D eigenvalue weighted by Gasteiger charge is -2.20. The van der Waals surface area contributed by atoms with Gasteiger partial charge in [0, 0.05) is 20.8 Å². The second-order valence-corrected chi connectivity index (χ2v) is 8.83. The minimum Gasteiger partial charge on any atom is -0.313 e. The molecular weight excluding hydrogens is 318 g/mol. The van der Waals surface area contributed by atoms with Crippen LogP contribution in [0.4, 0.5) is 0 Å². The summed E-state index contributed by atoms with van der Waals surface area (Å²) in [6.07, 6.45) is 2.37. The normalized spacial score (nSPS) is 22.4. The van der Waals surface area contributed by atoms with Crippen LogP contribution in [-0.4, -0.2) is 12.6 Å². The summed E-state index contributed by atoms with van der Waals surface area (Å²) in [6.45, 7) is 13.0. The summed E-state index contributed by atoms with van der Waals surface area (Å²) in [5, 5.41) is 5.98. The monoisotopic (exact) mass is 343 g/mol. The van der Waals surface area contributed by atoms with Crippen LogP contribution in [-0.2, 0) is 6.42 Å². The van der Waals surface area contributed by atoms with Crippen molar-refractivity contribution in [3.05, 3.63) is 20.8 Å². The van der Waals surface area contributed by atoms with Crippen LogP contribution in [0.3, 0.4) is 0 Å².